The Kier molecular flexibility index (Phi) is 3.96. The standard InChI is InChI=1S/C15H19N5O/c1-3-6-16-8-12-9-20(10-14-18-11(2)19-21-14)15-13(12)5-4-7-17-15/h4-5,7,9,16H,3,6,8,10H2,1-2H3. The number of hydrogen-bond acceptors (Lipinski definition) is 5. The summed E-state index contributed by atoms with van der Waals surface area (Å²) in [6.07, 6.45) is 5.04. The van der Waals surface area contributed by atoms with Crippen molar-refractivity contribution in [2.75, 3.05) is 6.54 Å². The highest BCUT2D eigenvalue weighted by atomic mass is 16.5. The average molecular weight is 285 g/mol. The van der Waals surface area contributed by atoms with Gasteiger partial charge >= 0.3 is 0 Å². The maximum absolute atomic E-state index is 5.20. The summed E-state index contributed by atoms with van der Waals surface area (Å²) in [5.74, 6) is 1.25. The fourth-order valence-electron chi connectivity index (χ4n) is 2.41. The molecule has 0 spiro atoms. The van der Waals surface area contributed by atoms with Gasteiger partial charge in [-0.15, -0.1) is 0 Å². The number of nitrogens with one attached hydrogen (secondary N) is 1. The fourth-order valence-corrected chi connectivity index (χ4v) is 2.41. The lowest BCUT2D eigenvalue weighted by Crippen LogP contribution is -2.13. The summed E-state index contributed by atoms with van der Waals surface area (Å²) in [4.78, 5) is 8.73. The van der Waals surface area contributed by atoms with Crippen molar-refractivity contribution in [3.8, 4) is 0 Å². The van der Waals surface area contributed by atoms with E-state index in [2.05, 4.69) is 44.2 Å². The number of rotatable bonds is 6. The first-order valence-electron chi connectivity index (χ1n) is 7.20. The molecule has 0 amide bonds. The van der Waals surface area contributed by atoms with Gasteiger partial charge in [-0.2, -0.15) is 4.98 Å². The highest BCUT2D eigenvalue weighted by Crippen LogP contribution is 2.20. The lowest BCUT2D eigenvalue weighted by atomic mass is 10.2. The number of nitrogens with zero attached hydrogens (tertiary/aromatic N) is 4. The van der Waals surface area contributed by atoms with Crippen molar-refractivity contribution in [1.82, 2.24) is 25.0 Å². The van der Waals surface area contributed by atoms with E-state index in [4.69, 9.17) is 4.52 Å². The number of aryl methyl sites for hydroxylation is 1. The molecule has 0 saturated heterocycles. The molecular weight excluding hydrogens is 266 g/mol. The number of aromatic nitrogens is 4. The maximum Gasteiger partial charge on any atom is 0.246 e. The third-order valence-corrected chi connectivity index (χ3v) is 3.33. The van der Waals surface area contributed by atoms with E-state index in [-0.39, 0.29) is 0 Å². The minimum absolute atomic E-state index is 0.544. The van der Waals surface area contributed by atoms with E-state index in [1.807, 2.05) is 13.0 Å². The molecule has 0 unspecified atom stereocenters. The highest BCUT2D eigenvalue weighted by Gasteiger charge is 2.11. The molecule has 0 aromatic carbocycles. The number of pyridine rings is 1. The molecule has 3 aromatic rings. The largest absolute Gasteiger partial charge is 0.337 e. The lowest BCUT2D eigenvalue weighted by Gasteiger charge is -2.00. The Labute approximate surface area is 123 Å². The van der Waals surface area contributed by atoms with Crippen LogP contribution in [0.5, 0.6) is 0 Å². The molecule has 0 atom stereocenters. The molecule has 3 heterocycles. The SMILES string of the molecule is CCCNCc1cn(Cc2nc(C)no2)c2ncccc12. The van der Waals surface area contributed by atoms with Crippen molar-refractivity contribution in [1.29, 1.82) is 0 Å². The van der Waals surface area contributed by atoms with Crippen LogP contribution in [-0.2, 0) is 13.1 Å². The third-order valence-electron chi connectivity index (χ3n) is 3.33. The molecule has 3 aromatic heterocycles. The first-order valence-corrected chi connectivity index (χ1v) is 7.20. The summed E-state index contributed by atoms with van der Waals surface area (Å²) in [5.41, 5.74) is 2.18. The molecule has 0 fully saturated rings. The fraction of sp³-hybridized carbons (Fsp3) is 0.400. The van der Waals surface area contributed by atoms with E-state index in [0.717, 1.165) is 30.5 Å². The Hall–Kier alpha value is -2.21. The average Bonchev–Trinajstić information content (AvgIpc) is 3.05. The number of fused-ring (bicyclic) bond motifs is 1. The first-order chi connectivity index (χ1) is 10.3. The Morgan fingerprint density at radius 2 is 2.29 bits per heavy atom. The summed E-state index contributed by atoms with van der Waals surface area (Å²) < 4.78 is 7.26. The zero-order valence-corrected chi connectivity index (χ0v) is 12.3. The van der Waals surface area contributed by atoms with Crippen LogP contribution in [0.3, 0.4) is 0 Å². The summed E-state index contributed by atoms with van der Waals surface area (Å²) in [6.45, 7) is 6.37. The van der Waals surface area contributed by atoms with Crippen LogP contribution in [0.2, 0.25) is 0 Å². The van der Waals surface area contributed by atoms with E-state index in [0.29, 0.717) is 18.3 Å². The van der Waals surface area contributed by atoms with Crippen molar-refractivity contribution in [2.24, 2.45) is 0 Å². The minimum atomic E-state index is 0.544. The van der Waals surface area contributed by atoms with Gasteiger partial charge in [0.25, 0.3) is 0 Å². The van der Waals surface area contributed by atoms with Gasteiger partial charge in [-0.1, -0.05) is 12.1 Å². The Balaban J connectivity index is 1.90. The van der Waals surface area contributed by atoms with E-state index >= 15 is 0 Å². The Morgan fingerprint density at radius 3 is 3.05 bits per heavy atom. The van der Waals surface area contributed by atoms with Crippen molar-refractivity contribution in [3.05, 3.63) is 41.8 Å². The molecule has 0 bridgehead atoms. The van der Waals surface area contributed by atoms with Gasteiger partial charge in [0.05, 0.1) is 0 Å². The molecule has 110 valence electrons. The summed E-state index contributed by atoms with van der Waals surface area (Å²) in [6, 6.07) is 4.06. The van der Waals surface area contributed by atoms with Gasteiger partial charge in [0.15, 0.2) is 5.82 Å². The Morgan fingerprint density at radius 1 is 1.38 bits per heavy atom. The van der Waals surface area contributed by atoms with Crippen LogP contribution in [0.4, 0.5) is 0 Å². The van der Waals surface area contributed by atoms with Crippen LogP contribution in [0.25, 0.3) is 11.0 Å². The summed E-state index contributed by atoms with van der Waals surface area (Å²) >= 11 is 0. The van der Waals surface area contributed by atoms with Crippen molar-refractivity contribution in [2.45, 2.75) is 33.4 Å². The van der Waals surface area contributed by atoms with Crippen molar-refractivity contribution < 1.29 is 4.52 Å². The van der Waals surface area contributed by atoms with Gasteiger partial charge < -0.3 is 14.4 Å². The van der Waals surface area contributed by atoms with Gasteiger partial charge in [-0.25, -0.2) is 4.98 Å². The van der Waals surface area contributed by atoms with E-state index in [9.17, 15) is 0 Å². The van der Waals surface area contributed by atoms with Crippen LogP contribution >= 0.6 is 0 Å². The van der Waals surface area contributed by atoms with E-state index in [1.165, 1.54) is 5.56 Å². The van der Waals surface area contributed by atoms with Crippen molar-refractivity contribution in [3.63, 3.8) is 0 Å². The predicted molar refractivity (Wildman–Crippen MR) is 79.9 cm³/mol. The molecule has 3 rings (SSSR count). The molecule has 0 aliphatic heterocycles. The number of hydrogen-bond donors (Lipinski definition) is 1. The second-order valence-electron chi connectivity index (χ2n) is 5.07. The van der Waals surface area contributed by atoms with Gasteiger partial charge in [-0.3, -0.25) is 0 Å². The molecule has 0 saturated carbocycles. The molecule has 0 aliphatic carbocycles. The van der Waals surface area contributed by atoms with Gasteiger partial charge in [-0.05, 0) is 37.6 Å². The first kappa shape index (κ1) is 13.8. The molecule has 0 radical (unpaired) electrons. The van der Waals surface area contributed by atoms with Gasteiger partial charge in [0.2, 0.25) is 5.89 Å². The minimum Gasteiger partial charge on any atom is -0.337 e. The van der Waals surface area contributed by atoms with Gasteiger partial charge in [0, 0.05) is 24.3 Å². The van der Waals surface area contributed by atoms with Crippen LogP contribution in [0, 0.1) is 6.92 Å². The van der Waals surface area contributed by atoms with E-state index in [1.54, 1.807) is 6.20 Å². The lowest BCUT2D eigenvalue weighted by molar-refractivity contribution is 0.369. The van der Waals surface area contributed by atoms with Crippen molar-refractivity contribution >= 4 is 11.0 Å². The smallest absolute Gasteiger partial charge is 0.246 e. The predicted octanol–water partition coefficient (Wildman–Crippen LogP) is 2.28. The molecule has 1 N–H and O–H groups in total. The summed E-state index contributed by atoms with van der Waals surface area (Å²) in [7, 11) is 0. The zero-order valence-electron chi connectivity index (χ0n) is 12.3. The van der Waals surface area contributed by atoms with E-state index < -0.39 is 0 Å². The molecule has 0 aliphatic rings. The second-order valence-corrected chi connectivity index (χ2v) is 5.07. The molecule has 21 heavy (non-hydrogen) atoms. The molecule has 6 nitrogen and oxygen atoms in total. The molecular formula is C15H19N5O. The maximum atomic E-state index is 5.20. The van der Waals surface area contributed by atoms with Crippen LogP contribution in [0.1, 0.15) is 30.6 Å². The van der Waals surface area contributed by atoms with Crippen LogP contribution in [-0.4, -0.2) is 26.2 Å². The monoisotopic (exact) mass is 285 g/mol. The normalized spacial score (nSPS) is 11.3. The topological polar surface area (TPSA) is 68.8 Å². The second kappa shape index (κ2) is 6.05. The third kappa shape index (κ3) is 2.95. The Bertz CT molecular complexity index is 731. The van der Waals surface area contributed by atoms with Gasteiger partial charge in [0.1, 0.15) is 12.2 Å². The van der Waals surface area contributed by atoms with Crippen LogP contribution < -0.4 is 5.32 Å². The molecule has 6 heteroatoms. The quantitative estimate of drug-likeness (QED) is 0.704. The van der Waals surface area contributed by atoms with Crippen LogP contribution in [0.15, 0.2) is 29.0 Å². The highest BCUT2D eigenvalue weighted by molar-refractivity contribution is 5.80. The summed E-state index contributed by atoms with van der Waals surface area (Å²) in [5, 5.41) is 8.42. The zero-order chi connectivity index (χ0) is 14.7.